The predicted octanol–water partition coefficient (Wildman–Crippen LogP) is 4.82. The minimum absolute atomic E-state index is 0.0899. The third kappa shape index (κ3) is 5.58. The molecule has 1 aliphatic heterocycles. The zero-order valence-corrected chi connectivity index (χ0v) is 19.7. The van der Waals surface area contributed by atoms with Gasteiger partial charge < -0.3 is 19.3 Å². The molecule has 2 amide bonds. The quantitative estimate of drug-likeness (QED) is 0.401. The van der Waals surface area contributed by atoms with Crippen molar-refractivity contribution in [3.8, 4) is 17.2 Å². The number of hydrogen-bond acceptors (Lipinski definition) is 7. The average molecular weight is 494 g/mol. The molecule has 3 aromatic carbocycles. The summed E-state index contributed by atoms with van der Waals surface area (Å²) in [6, 6.07) is 18.5. The number of carbonyl (C=O) groups excluding carboxylic acids is 2. The Morgan fingerprint density at radius 1 is 0.971 bits per heavy atom. The summed E-state index contributed by atoms with van der Waals surface area (Å²) in [4.78, 5) is 37.8. The second-order valence-electron chi connectivity index (χ2n) is 7.45. The van der Waals surface area contributed by atoms with Crippen molar-refractivity contribution in [3.63, 3.8) is 0 Å². The first-order chi connectivity index (χ1) is 17.0. The number of aliphatic carboxylic acids is 1. The van der Waals surface area contributed by atoms with Crippen LogP contribution in [0.2, 0.25) is 0 Å². The summed E-state index contributed by atoms with van der Waals surface area (Å²) in [5.74, 6) is -0.368. The smallest absolute Gasteiger partial charge is 0.341 e. The third-order valence-corrected chi connectivity index (χ3v) is 6.04. The van der Waals surface area contributed by atoms with Crippen LogP contribution in [0.25, 0.3) is 16.8 Å². The van der Waals surface area contributed by atoms with Crippen LogP contribution < -0.4 is 14.2 Å². The van der Waals surface area contributed by atoms with Gasteiger partial charge in [-0.25, -0.2) is 4.79 Å². The number of amides is 2. The van der Waals surface area contributed by atoms with Crippen LogP contribution in [0.3, 0.4) is 0 Å². The molecule has 0 spiro atoms. The fourth-order valence-electron chi connectivity index (χ4n) is 3.61. The predicted molar refractivity (Wildman–Crippen MR) is 133 cm³/mol. The Balaban J connectivity index is 1.49. The summed E-state index contributed by atoms with van der Waals surface area (Å²) in [6.45, 7) is 1.80. The molecule has 0 aromatic heterocycles. The van der Waals surface area contributed by atoms with Crippen molar-refractivity contribution in [1.29, 1.82) is 0 Å². The fraction of sp³-hybridized carbons (Fsp3) is 0.192. The van der Waals surface area contributed by atoms with Crippen LogP contribution in [-0.4, -0.2) is 53.5 Å². The molecule has 1 heterocycles. The zero-order chi connectivity index (χ0) is 24.8. The number of para-hydroxylation sites is 1. The van der Waals surface area contributed by atoms with Gasteiger partial charge in [-0.05, 0) is 42.3 Å². The second-order valence-corrected chi connectivity index (χ2v) is 8.44. The topological polar surface area (TPSA) is 102 Å². The third-order valence-electron chi connectivity index (χ3n) is 5.13. The van der Waals surface area contributed by atoms with Gasteiger partial charge in [-0.1, -0.05) is 48.5 Å². The van der Waals surface area contributed by atoms with Crippen molar-refractivity contribution in [1.82, 2.24) is 4.90 Å². The lowest BCUT2D eigenvalue weighted by atomic mass is 10.1. The molecular formula is C26H23NO7S. The first-order valence-corrected chi connectivity index (χ1v) is 11.8. The molecule has 0 bridgehead atoms. The van der Waals surface area contributed by atoms with Crippen molar-refractivity contribution >= 4 is 45.7 Å². The lowest BCUT2D eigenvalue weighted by Crippen LogP contribution is -2.32. The molecule has 0 unspecified atom stereocenters. The van der Waals surface area contributed by atoms with Gasteiger partial charge in [0.25, 0.3) is 11.1 Å². The number of carboxylic acids is 1. The molecule has 8 nitrogen and oxygen atoms in total. The van der Waals surface area contributed by atoms with Gasteiger partial charge in [0.2, 0.25) is 0 Å². The van der Waals surface area contributed by atoms with E-state index in [9.17, 15) is 14.4 Å². The summed E-state index contributed by atoms with van der Waals surface area (Å²) in [6.07, 6.45) is 1.51. The fourth-order valence-corrected chi connectivity index (χ4v) is 4.46. The molecule has 1 fully saturated rings. The van der Waals surface area contributed by atoms with E-state index < -0.39 is 23.7 Å². The maximum atomic E-state index is 13.0. The molecule has 180 valence electrons. The van der Waals surface area contributed by atoms with Gasteiger partial charge in [0, 0.05) is 10.9 Å². The van der Waals surface area contributed by atoms with Gasteiger partial charge in [0.15, 0.2) is 18.1 Å². The van der Waals surface area contributed by atoms with Crippen LogP contribution in [0.1, 0.15) is 12.5 Å². The Morgan fingerprint density at radius 3 is 2.51 bits per heavy atom. The zero-order valence-electron chi connectivity index (χ0n) is 18.9. The van der Waals surface area contributed by atoms with E-state index in [0.717, 1.165) is 27.4 Å². The van der Waals surface area contributed by atoms with E-state index in [1.165, 1.54) is 6.08 Å². The molecule has 35 heavy (non-hydrogen) atoms. The second kappa shape index (κ2) is 11.0. The molecule has 1 aliphatic rings. The Labute approximate surface area is 206 Å². The van der Waals surface area contributed by atoms with Crippen molar-refractivity contribution in [2.45, 2.75) is 6.92 Å². The van der Waals surface area contributed by atoms with E-state index in [-0.39, 0.29) is 23.8 Å². The summed E-state index contributed by atoms with van der Waals surface area (Å²) >= 11 is 0.808. The van der Waals surface area contributed by atoms with Crippen LogP contribution in [0.5, 0.6) is 17.2 Å². The van der Waals surface area contributed by atoms with E-state index in [2.05, 4.69) is 0 Å². The Morgan fingerprint density at radius 2 is 1.71 bits per heavy atom. The molecule has 0 aliphatic carbocycles. The first kappa shape index (κ1) is 24.2. The molecule has 1 saturated heterocycles. The molecule has 0 saturated carbocycles. The molecule has 0 radical (unpaired) electrons. The first-order valence-electron chi connectivity index (χ1n) is 10.9. The lowest BCUT2D eigenvalue weighted by Gasteiger charge is -2.15. The Bertz CT molecular complexity index is 1300. The lowest BCUT2D eigenvalue weighted by molar-refractivity contribution is -0.139. The van der Waals surface area contributed by atoms with Crippen LogP contribution in [0.15, 0.2) is 65.6 Å². The normalized spacial score (nSPS) is 14.5. The van der Waals surface area contributed by atoms with Gasteiger partial charge in [-0.2, -0.15) is 0 Å². The molecular weight excluding hydrogens is 470 g/mol. The highest BCUT2D eigenvalue weighted by atomic mass is 32.2. The highest BCUT2D eigenvalue weighted by Gasteiger charge is 2.35. The maximum Gasteiger partial charge on any atom is 0.341 e. The van der Waals surface area contributed by atoms with Gasteiger partial charge in [-0.15, -0.1) is 0 Å². The van der Waals surface area contributed by atoms with Crippen molar-refractivity contribution in [3.05, 3.63) is 71.1 Å². The highest BCUT2D eigenvalue weighted by molar-refractivity contribution is 8.18. The largest absolute Gasteiger partial charge is 0.491 e. The minimum atomic E-state index is -1.14. The van der Waals surface area contributed by atoms with E-state index >= 15 is 0 Å². The summed E-state index contributed by atoms with van der Waals surface area (Å²) in [7, 11) is 0. The number of thioether (sulfide) groups is 1. The molecule has 3 aromatic rings. The van der Waals surface area contributed by atoms with Crippen LogP contribution in [0.4, 0.5) is 4.79 Å². The number of benzene rings is 3. The van der Waals surface area contributed by atoms with Gasteiger partial charge in [0.1, 0.15) is 12.4 Å². The molecule has 9 heteroatoms. The minimum Gasteiger partial charge on any atom is -0.491 e. The van der Waals surface area contributed by atoms with Gasteiger partial charge in [-0.3, -0.25) is 14.5 Å². The van der Waals surface area contributed by atoms with Crippen molar-refractivity contribution < 1.29 is 33.7 Å². The van der Waals surface area contributed by atoms with E-state index in [1.54, 1.807) is 25.1 Å². The number of carboxylic acid groups (broad SMARTS) is 1. The van der Waals surface area contributed by atoms with E-state index in [0.29, 0.717) is 23.7 Å². The van der Waals surface area contributed by atoms with Crippen LogP contribution in [-0.2, 0) is 9.59 Å². The monoisotopic (exact) mass is 493 g/mol. The van der Waals surface area contributed by atoms with Crippen LogP contribution in [0, 0.1) is 0 Å². The number of nitrogens with zero attached hydrogens (tertiary/aromatic N) is 1. The number of hydrogen-bond donors (Lipinski definition) is 1. The molecule has 1 N–H and O–H groups in total. The number of carbonyl (C=O) groups is 3. The number of rotatable bonds is 10. The van der Waals surface area contributed by atoms with Crippen LogP contribution >= 0.6 is 11.8 Å². The van der Waals surface area contributed by atoms with Crippen molar-refractivity contribution in [2.24, 2.45) is 0 Å². The summed E-state index contributed by atoms with van der Waals surface area (Å²) < 4.78 is 16.8. The van der Waals surface area contributed by atoms with Gasteiger partial charge in [0.05, 0.1) is 18.1 Å². The number of imide groups is 1. The number of ether oxygens (including phenoxy) is 3. The van der Waals surface area contributed by atoms with Crippen molar-refractivity contribution in [2.75, 3.05) is 26.4 Å². The standard InChI is InChI=1S/C26H23NO7S/c1-2-32-21-12-6-9-18(24(21)34-16-23(28)29)15-22-25(30)27(26(31)35-22)13-14-33-20-11-5-8-17-7-3-4-10-19(17)20/h3-12,15H,2,13-14,16H2,1H3,(H,28,29)/b22-15-. The summed E-state index contributed by atoms with van der Waals surface area (Å²) in [5, 5.41) is 10.6. The Hall–Kier alpha value is -3.98. The summed E-state index contributed by atoms with van der Waals surface area (Å²) in [5.41, 5.74) is 0.440. The van der Waals surface area contributed by atoms with E-state index in [4.69, 9.17) is 19.3 Å². The Kier molecular flexibility index (Phi) is 7.57. The number of fused-ring (bicyclic) bond motifs is 1. The average Bonchev–Trinajstić information content (AvgIpc) is 3.11. The molecule has 4 rings (SSSR count). The maximum absolute atomic E-state index is 13.0. The molecule has 0 atom stereocenters. The van der Waals surface area contributed by atoms with E-state index in [1.807, 2.05) is 42.5 Å². The SMILES string of the molecule is CCOc1cccc(/C=C2\SC(=O)N(CCOc3cccc4ccccc34)C2=O)c1OCC(=O)O. The van der Waals surface area contributed by atoms with Gasteiger partial charge >= 0.3 is 5.97 Å². The highest BCUT2D eigenvalue weighted by Crippen LogP contribution is 2.37.